The summed E-state index contributed by atoms with van der Waals surface area (Å²) in [5.41, 5.74) is 1.13. The molecular formula is C30H53NO5. The molecule has 0 aliphatic carbocycles. The summed E-state index contributed by atoms with van der Waals surface area (Å²) in [6.45, 7) is 22.8. The van der Waals surface area contributed by atoms with Crippen LogP contribution >= 0.6 is 0 Å². The molecule has 0 saturated heterocycles. The fraction of sp³-hybridized carbons (Fsp3) is 0.533. The number of carbonyl (C=O) groups is 2. The van der Waals surface area contributed by atoms with Crippen LogP contribution in [0.3, 0.4) is 0 Å². The first-order valence-corrected chi connectivity index (χ1v) is 12.7. The van der Waals surface area contributed by atoms with Crippen LogP contribution in [-0.2, 0) is 9.53 Å². The normalized spacial score (nSPS) is 11.3. The van der Waals surface area contributed by atoms with Gasteiger partial charge in [0.15, 0.2) is 0 Å². The number of ether oxygens (including phenoxy) is 1. The van der Waals surface area contributed by atoms with Gasteiger partial charge < -0.3 is 20.3 Å². The Hall–Kier alpha value is -3.20. The minimum Gasteiger partial charge on any atom is -0.513 e. The highest BCUT2D eigenvalue weighted by Gasteiger charge is 2.21. The van der Waals surface area contributed by atoms with E-state index in [0.29, 0.717) is 5.57 Å². The zero-order valence-corrected chi connectivity index (χ0v) is 24.5. The predicted octanol–water partition coefficient (Wildman–Crippen LogP) is 8.54. The highest BCUT2D eigenvalue weighted by molar-refractivity contribution is 5.80. The Kier molecular flexibility index (Phi) is 43.4. The lowest BCUT2D eigenvalue weighted by Gasteiger charge is -2.14. The Morgan fingerprint density at radius 1 is 1.03 bits per heavy atom. The quantitative estimate of drug-likeness (QED) is 0.119. The van der Waals surface area contributed by atoms with E-state index < -0.39 is 18.1 Å². The van der Waals surface area contributed by atoms with Crippen molar-refractivity contribution in [3.05, 3.63) is 59.9 Å². The van der Waals surface area contributed by atoms with Crippen LogP contribution in [0.15, 0.2) is 59.9 Å². The monoisotopic (exact) mass is 507 g/mol. The number of alkyl carbamates (subject to hydrolysis) is 1. The van der Waals surface area contributed by atoms with Crippen molar-refractivity contribution in [1.29, 1.82) is 0 Å². The number of nitrogens with one attached hydrogen (secondary N) is 1. The van der Waals surface area contributed by atoms with E-state index in [2.05, 4.69) is 31.7 Å². The van der Waals surface area contributed by atoms with Gasteiger partial charge in [0, 0.05) is 12.0 Å². The molecule has 3 N–H and O–H groups in total. The number of aliphatic carboxylic acids is 1. The van der Waals surface area contributed by atoms with Crippen molar-refractivity contribution in [3.63, 3.8) is 0 Å². The average molecular weight is 508 g/mol. The van der Waals surface area contributed by atoms with Crippen LogP contribution in [-0.4, -0.2) is 34.9 Å². The maximum absolute atomic E-state index is 11.7. The molecule has 0 aromatic carbocycles. The molecule has 208 valence electrons. The molecule has 0 heterocycles. The maximum Gasteiger partial charge on any atom is 0.408 e. The molecule has 6 heteroatoms. The zero-order valence-electron chi connectivity index (χ0n) is 24.5. The van der Waals surface area contributed by atoms with Crippen LogP contribution in [0, 0.1) is 12.3 Å². The predicted molar refractivity (Wildman–Crippen MR) is 156 cm³/mol. The number of allylic oxidation sites excluding steroid dienone is 7. The highest BCUT2D eigenvalue weighted by Crippen LogP contribution is 2.07. The Morgan fingerprint density at radius 2 is 1.53 bits per heavy atom. The first kappa shape index (κ1) is 42.9. The number of terminal acetylenes is 1. The summed E-state index contributed by atoms with van der Waals surface area (Å²) in [6.07, 6.45) is 18.4. The smallest absolute Gasteiger partial charge is 0.408 e. The number of carbonyl (C=O) groups excluding carboxylic acids is 1. The highest BCUT2D eigenvalue weighted by atomic mass is 16.5. The summed E-state index contributed by atoms with van der Waals surface area (Å²) in [7, 11) is 0. The Bertz CT molecular complexity index is 689. The molecule has 0 fully saturated rings. The van der Waals surface area contributed by atoms with E-state index in [-0.39, 0.29) is 18.8 Å². The third-order valence-corrected chi connectivity index (χ3v) is 3.44. The number of carboxylic acids is 1. The van der Waals surface area contributed by atoms with Crippen molar-refractivity contribution in [2.45, 2.75) is 101 Å². The first-order chi connectivity index (χ1) is 17.1. The van der Waals surface area contributed by atoms with Crippen LogP contribution in [0.4, 0.5) is 4.79 Å². The summed E-state index contributed by atoms with van der Waals surface area (Å²) < 4.78 is 4.96. The van der Waals surface area contributed by atoms with Crippen molar-refractivity contribution in [2.75, 3.05) is 6.61 Å². The van der Waals surface area contributed by atoms with E-state index in [0.717, 1.165) is 5.57 Å². The van der Waals surface area contributed by atoms with E-state index in [1.54, 1.807) is 25.2 Å². The number of rotatable bonds is 10. The molecule has 0 radical (unpaired) electrons. The molecule has 0 bridgehead atoms. The van der Waals surface area contributed by atoms with Crippen molar-refractivity contribution in [3.8, 4) is 12.3 Å². The summed E-state index contributed by atoms with van der Waals surface area (Å²) in [4.78, 5) is 23.0. The largest absolute Gasteiger partial charge is 0.513 e. The number of hydrogen-bond acceptors (Lipinski definition) is 4. The van der Waals surface area contributed by atoms with Crippen LogP contribution in [0.5, 0.6) is 0 Å². The molecule has 36 heavy (non-hydrogen) atoms. The lowest BCUT2D eigenvalue weighted by Crippen LogP contribution is -2.41. The van der Waals surface area contributed by atoms with Gasteiger partial charge in [0.1, 0.15) is 12.6 Å². The first-order valence-electron chi connectivity index (χ1n) is 12.7. The number of amides is 1. The molecule has 0 rings (SSSR count). The van der Waals surface area contributed by atoms with Gasteiger partial charge >= 0.3 is 12.1 Å². The van der Waals surface area contributed by atoms with Gasteiger partial charge in [-0.15, -0.1) is 13.0 Å². The SMILES string of the molecule is C#C/C(=C\C=C(/C)O)C[C@H](NC(=O)OC/C(C)=C/C=C\C)C(=O)O.C=CC.CC.CC.CCCCC. The van der Waals surface area contributed by atoms with Crippen LogP contribution in [0.1, 0.15) is 94.9 Å². The lowest BCUT2D eigenvalue weighted by molar-refractivity contribution is -0.139. The number of unbranched alkanes of at least 4 members (excludes halogenated alkanes) is 2. The molecule has 1 amide bonds. The van der Waals surface area contributed by atoms with Crippen LogP contribution in [0.25, 0.3) is 0 Å². The Labute approximate surface area is 221 Å². The Balaban J connectivity index is -0.000000224. The Morgan fingerprint density at radius 3 is 1.86 bits per heavy atom. The van der Waals surface area contributed by atoms with Crippen molar-refractivity contribution >= 4 is 12.1 Å². The second kappa shape index (κ2) is 36.4. The molecule has 0 saturated carbocycles. The van der Waals surface area contributed by atoms with Gasteiger partial charge in [-0.25, -0.2) is 9.59 Å². The summed E-state index contributed by atoms with van der Waals surface area (Å²) >= 11 is 0. The number of hydrogen-bond donors (Lipinski definition) is 3. The molecule has 0 aromatic rings. The van der Waals surface area contributed by atoms with E-state index in [9.17, 15) is 14.7 Å². The number of aliphatic hydroxyl groups is 1. The second-order valence-corrected chi connectivity index (χ2v) is 6.76. The fourth-order valence-electron chi connectivity index (χ4n) is 1.84. The van der Waals surface area contributed by atoms with Gasteiger partial charge in [0.05, 0.1) is 5.76 Å². The van der Waals surface area contributed by atoms with Gasteiger partial charge in [0.25, 0.3) is 0 Å². The van der Waals surface area contributed by atoms with Crippen molar-refractivity contribution < 1.29 is 24.5 Å². The topological polar surface area (TPSA) is 95.9 Å². The van der Waals surface area contributed by atoms with E-state index in [1.165, 1.54) is 38.3 Å². The van der Waals surface area contributed by atoms with Crippen LogP contribution < -0.4 is 5.32 Å². The summed E-state index contributed by atoms with van der Waals surface area (Å²) in [6, 6.07) is -1.23. The van der Waals surface area contributed by atoms with Crippen molar-refractivity contribution in [1.82, 2.24) is 5.32 Å². The zero-order chi connectivity index (χ0) is 29.4. The van der Waals surface area contributed by atoms with Crippen molar-refractivity contribution in [2.24, 2.45) is 0 Å². The maximum atomic E-state index is 11.7. The second-order valence-electron chi connectivity index (χ2n) is 6.76. The van der Waals surface area contributed by atoms with E-state index in [4.69, 9.17) is 16.3 Å². The molecule has 0 aromatic heterocycles. The third-order valence-electron chi connectivity index (χ3n) is 3.44. The molecule has 0 spiro atoms. The molecule has 0 unspecified atom stereocenters. The lowest BCUT2D eigenvalue weighted by atomic mass is 10.1. The molecule has 6 nitrogen and oxygen atoms in total. The molecule has 0 aliphatic rings. The molecule has 1 atom stereocenters. The van der Waals surface area contributed by atoms with E-state index in [1.807, 2.05) is 47.6 Å². The summed E-state index contributed by atoms with van der Waals surface area (Å²) in [5, 5.41) is 20.5. The number of carboxylic acid groups (broad SMARTS) is 1. The standard InChI is InChI=1S/C18H23NO5.C5H12.C3H6.2C2H6/c1-5-7-8-13(3)12-24-18(23)19-16(17(21)22)11-15(6-2)10-9-14(4)20;1-3-5-4-2;1-3-2;2*1-2/h2,5,7-10,16,20H,11-12H2,1,3-4H3,(H,19,23)(H,21,22);3-5H2,1-2H3;3H,1H2,2H3;2*1-2H3/b7-5-,13-8+,14-9+,15-10+;;;;/t16-;;;;/m0..../s1. The van der Waals surface area contributed by atoms with Gasteiger partial charge in [-0.3, -0.25) is 0 Å². The molecule has 0 aliphatic heterocycles. The number of aliphatic hydroxyl groups excluding tert-OH is 1. The fourth-order valence-corrected chi connectivity index (χ4v) is 1.84. The van der Waals surface area contributed by atoms with Gasteiger partial charge in [-0.05, 0) is 45.4 Å². The van der Waals surface area contributed by atoms with Crippen LogP contribution in [0.2, 0.25) is 0 Å². The van der Waals surface area contributed by atoms with Gasteiger partial charge in [0.2, 0.25) is 0 Å². The minimum atomic E-state index is -1.24. The third kappa shape index (κ3) is 38.1. The minimum absolute atomic E-state index is 0.0328. The van der Waals surface area contributed by atoms with Gasteiger partial charge in [-0.2, -0.15) is 0 Å². The average Bonchev–Trinajstić information content (AvgIpc) is 2.86. The molecular weight excluding hydrogens is 454 g/mol. The van der Waals surface area contributed by atoms with Gasteiger partial charge in [-0.1, -0.05) is 91.0 Å². The van der Waals surface area contributed by atoms with E-state index >= 15 is 0 Å². The summed E-state index contributed by atoms with van der Waals surface area (Å²) in [5.74, 6) is 1.12.